The quantitative estimate of drug-likeness (QED) is 0.838. The summed E-state index contributed by atoms with van der Waals surface area (Å²) in [5.74, 6) is 2.15. The van der Waals surface area contributed by atoms with Gasteiger partial charge in [-0.2, -0.15) is 4.98 Å². The number of amides is 2. The van der Waals surface area contributed by atoms with Gasteiger partial charge >= 0.3 is 6.03 Å². The monoisotopic (exact) mass is 346 g/mol. The zero-order valence-corrected chi connectivity index (χ0v) is 14.8. The third-order valence-electron chi connectivity index (χ3n) is 4.01. The fourth-order valence-electron chi connectivity index (χ4n) is 2.88. The van der Waals surface area contributed by atoms with Crippen LogP contribution in [0.5, 0.6) is 0 Å². The van der Waals surface area contributed by atoms with Gasteiger partial charge in [-0.05, 0) is 56.2 Å². The molecule has 1 aliphatic rings. The molecule has 2 amide bonds. The third-order valence-corrected chi connectivity index (χ3v) is 4.90. The predicted molar refractivity (Wildman–Crippen MR) is 94.2 cm³/mol. The molecule has 2 aromatic rings. The van der Waals surface area contributed by atoms with E-state index in [4.69, 9.17) is 4.52 Å². The first-order chi connectivity index (χ1) is 11.7. The molecular weight excluding hydrogens is 324 g/mol. The van der Waals surface area contributed by atoms with E-state index in [0.717, 1.165) is 30.7 Å². The molecule has 1 fully saturated rings. The maximum absolute atomic E-state index is 12.7. The highest BCUT2D eigenvalue weighted by Gasteiger charge is 2.31. The minimum atomic E-state index is -0.144. The third kappa shape index (κ3) is 3.90. The molecule has 1 atom stereocenters. The first-order valence-electron chi connectivity index (χ1n) is 8.28. The summed E-state index contributed by atoms with van der Waals surface area (Å²) in [6.45, 7) is 4.61. The Balaban J connectivity index is 1.69. The number of anilines is 1. The molecule has 1 unspecified atom stereocenters. The topological polar surface area (TPSA) is 71.3 Å². The molecule has 1 aromatic heterocycles. The number of rotatable bonds is 4. The summed E-state index contributed by atoms with van der Waals surface area (Å²) in [6.07, 6.45) is 2.89. The van der Waals surface area contributed by atoms with E-state index in [-0.39, 0.29) is 12.1 Å². The Morgan fingerprint density at radius 1 is 1.38 bits per heavy atom. The van der Waals surface area contributed by atoms with Gasteiger partial charge in [0.1, 0.15) is 6.04 Å². The van der Waals surface area contributed by atoms with E-state index in [2.05, 4.69) is 22.4 Å². The Labute approximate surface area is 146 Å². The number of urea groups is 1. The smallest absolute Gasteiger partial charge is 0.322 e. The lowest BCUT2D eigenvalue weighted by Crippen LogP contribution is -2.41. The maximum Gasteiger partial charge on any atom is 0.322 e. The SMILES string of the molecule is CCSc1ccc(NC(=O)N2CCCCC2c2nc(C)no2)cc1. The van der Waals surface area contributed by atoms with Crippen molar-refractivity contribution in [3.05, 3.63) is 36.0 Å². The molecule has 0 bridgehead atoms. The summed E-state index contributed by atoms with van der Waals surface area (Å²) in [4.78, 5) is 20.0. The fraction of sp³-hybridized carbons (Fsp3) is 0.471. The van der Waals surface area contributed by atoms with Gasteiger partial charge in [-0.1, -0.05) is 12.1 Å². The van der Waals surface area contributed by atoms with Gasteiger partial charge in [-0.25, -0.2) is 4.79 Å². The van der Waals surface area contributed by atoms with Crippen molar-refractivity contribution in [2.24, 2.45) is 0 Å². The molecule has 3 rings (SSSR count). The van der Waals surface area contributed by atoms with E-state index in [1.165, 1.54) is 4.90 Å². The molecule has 2 heterocycles. The second-order valence-electron chi connectivity index (χ2n) is 5.77. The van der Waals surface area contributed by atoms with Crippen molar-refractivity contribution in [3.8, 4) is 0 Å². The fourth-order valence-corrected chi connectivity index (χ4v) is 3.54. The van der Waals surface area contributed by atoms with Crippen molar-refractivity contribution < 1.29 is 9.32 Å². The number of hydrogen-bond acceptors (Lipinski definition) is 5. The standard InChI is InChI=1S/C17H22N4O2S/c1-3-24-14-9-7-13(8-10-14)19-17(22)21-11-5-4-6-15(21)16-18-12(2)20-23-16/h7-10,15H,3-6,11H2,1-2H3,(H,19,22). The van der Waals surface area contributed by atoms with Gasteiger partial charge in [0.2, 0.25) is 5.89 Å². The average Bonchev–Trinajstić information content (AvgIpc) is 3.03. The lowest BCUT2D eigenvalue weighted by molar-refractivity contribution is 0.142. The van der Waals surface area contributed by atoms with Crippen molar-refractivity contribution in [1.29, 1.82) is 0 Å². The second kappa shape index (κ2) is 7.70. The van der Waals surface area contributed by atoms with Crippen LogP contribution in [0.4, 0.5) is 10.5 Å². The first kappa shape index (κ1) is 16.8. The second-order valence-corrected chi connectivity index (χ2v) is 7.11. The zero-order valence-electron chi connectivity index (χ0n) is 14.0. The number of aryl methyl sites for hydroxylation is 1. The Bertz CT molecular complexity index is 686. The molecule has 0 radical (unpaired) electrons. The van der Waals surface area contributed by atoms with Crippen LogP contribution < -0.4 is 5.32 Å². The average molecular weight is 346 g/mol. The van der Waals surface area contributed by atoms with Crippen LogP contribution in [0.3, 0.4) is 0 Å². The van der Waals surface area contributed by atoms with Gasteiger partial charge in [-0.15, -0.1) is 11.8 Å². The molecule has 1 aromatic carbocycles. The van der Waals surface area contributed by atoms with E-state index >= 15 is 0 Å². The van der Waals surface area contributed by atoms with Crippen LogP contribution >= 0.6 is 11.8 Å². The predicted octanol–water partition coefficient (Wildman–Crippen LogP) is 4.25. The molecule has 6 nitrogen and oxygen atoms in total. The van der Waals surface area contributed by atoms with Crippen LogP contribution in [0.25, 0.3) is 0 Å². The molecule has 7 heteroatoms. The zero-order chi connectivity index (χ0) is 16.9. The summed E-state index contributed by atoms with van der Waals surface area (Å²) in [7, 11) is 0. The highest BCUT2D eigenvalue weighted by molar-refractivity contribution is 7.99. The molecule has 128 valence electrons. The number of piperidine rings is 1. The summed E-state index contributed by atoms with van der Waals surface area (Å²) in [6, 6.07) is 7.66. The van der Waals surface area contributed by atoms with Gasteiger partial charge in [-0.3, -0.25) is 0 Å². The number of likely N-dealkylation sites (tertiary alicyclic amines) is 1. The van der Waals surface area contributed by atoms with E-state index in [1.807, 2.05) is 24.3 Å². The van der Waals surface area contributed by atoms with E-state index in [9.17, 15) is 4.79 Å². The molecule has 1 saturated heterocycles. The van der Waals surface area contributed by atoms with E-state index < -0.39 is 0 Å². The molecular formula is C17H22N4O2S. The number of nitrogens with zero attached hydrogens (tertiary/aromatic N) is 3. The minimum absolute atomic E-state index is 0.119. The van der Waals surface area contributed by atoms with Crippen LogP contribution in [-0.4, -0.2) is 33.4 Å². The van der Waals surface area contributed by atoms with Crippen LogP contribution in [0, 0.1) is 6.92 Å². The lowest BCUT2D eigenvalue weighted by atomic mass is 10.0. The Kier molecular flexibility index (Phi) is 5.40. The summed E-state index contributed by atoms with van der Waals surface area (Å²) in [5.41, 5.74) is 0.798. The number of thioether (sulfide) groups is 1. The summed E-state index contributed by atoms with van der Waals surface area (Å²) >= 11 is 1.78. The molecule has 0 aliphatic carbocycles. The minimum Gasteiger partial charge on any atom is -0.337 e. The van der Waals surface area contributed by atoms with Gasteiger partial charge in [0.05, 0.1) is 0 Å². The van der Waals surface area contributed by atoms with Gasteiger partial charge < -0.3 is 14.7 Å². The lowest BCUT2D eigenvalue weighted by Gasteiger charge is -2.33. The van der Waals surface area contributed by atoms with Gasteiger partial charge in [0.25, 0.3) is 0 Å². The summed E-state index contributed by atoms with van der Waals surface area (Å²) < 4.78 is 5.29. The molecule has 0 saturated carbocycles. The van der Waals surface area contributed by atoms with Crippen LogP contribution in [0.15, 0.2) is 33.7 Å². The number of carbonyl (C=O) groups is 1. The first-order valence-corrected chi connectivity index (χ1v) is 9.26. The molecule has 1 N–H and O–H groups in total. The van der Waals surface area contributed by atoms with Crippen molar-refractivity contribution in [3.63, 3.8) is 0 Å². The molecule has 24 heavy (non-hydrogen) atoms. The van der Waals surface area contributed by atoms with Gasteiger partial charge in [0, 0.05) is 17.1 Å². The number of benzene rings is 1. The number of hydrogen-bond donors (Lipinski definition) is 1. The van der Waals surface area contributed by atoms with Crippen LogP contribution in [0.1, 0.15) is 43.9 Å². The van der Waals surface area contributed by atoms with Crippen molar-refractivity contribution >= 4 is 23.5 Å². The summed E-state index contributed by atoms with van der Waals surface area (Å²) in [5, 5.41) is 6.83. The Morgan fingerprint density at radius 3 is 2.83 bits per heavy atom. The molecule has 1 aliphatic heterocycles. The maximum atomic E-state index is 12.7. The van der Waals surface area contributed by atoms with Crippen molar-refractivity contribution in [2.75, 3.05) is 17.6 Å². The van der Waals surface area contributed by atoms with Crippen molar-refractivity contribution in [1.82, 2.24) is 15.0 Å². The van der Waals surface area contributed by atoms with E-state index in [1.54, 1.807) is 23.6 Å². The number of aromatic nitrogens is 2. The molecule has 0 spiro atoms. The van der Waals surface area contributed by atoms with Crippen LogP contribution in [0.2, 0.25) is 0 Å². The van der Waals surface area contributed by atoms with Crippen LogP contribution in [-0.2, 0) is 0 Å². The number of nitrogens with one attached hydrogen (secondary N) is 1. The normalized spacial score (nSPS) is 17.8. The largest absolute Gasteiger partial charge is 0.337 e. The Morgan fingerprint density at radius 2 is 2.17 bits per heavy atom. The number of carbonyl (C=O) groups excluding carboxylic acids is 1. The highest BCUT2D eigenvalue weighted by atomic mass is 32.2. The van der Waals surface area contributed by atoms with E-state index in [0.29, 0.717) is 18.3 Å². The Hall–Kier alpha value is -2.02. The highest BCUT2D eigenvalue weighted by Crippen LogP contribution is 2.30. The van der Waals surface area contributed by atoms with Crippen molar-refractivity contribution in [2.45, 2.75) is 44.0 Å². The van der Waals surface area contributed by atoms with Gasteiger partial charge in [0.15, 0.2) is 5.82 Å².